The van der Waals surface area contributed by atoms with Gasteiger partial charge in [0.25, 0.3) is 0 Å². The van der Waals surface area contributed by atoms with E-state index in [4.69, 9.17) is 0 Å². The lowest BCUT2D eigenvalue weighted by molar-refractivity contribution is -0.130. The van der Waals surface area contributed by atoms with Crippen molar-refractivity contribution in [1.82, 2.24) is 9.88 Å². The van der Waals surface area contributed by atoms with E-state index in [-0.39, 0.29) is 23.5 Å². The minimum Gasteiger partial charge on any atom is -0.342 e. The molecule has 2 N–H and O–H groups in total. The Labute approximate surface area is 185 Å². The molecule has 0 aliphatic heterocycles. The number of thioether (sulfide) groups is 1. The van der Waals surface area contributed by atoms with Crippen LogP contribution in [0.4, 0.5) is 11.4 Å². The van der Waals surface area contributed by atoms with Crippen molar-refractivity contribution in [3.05, 3.63) is 35.3 Å². The van der Waals surface area contributed by atoms with E-state index in [0.29, 0.717) is 17.8 Å². The maximum Gasteiger partial charge on any atom is 0.234 e. The van der Waals surface area contributed by atoms with Crippen LogP contribution in [0.3, 0.4) is 0 Å². The SMILES string of the molecule is CCCN(CCC)C(=O)Cc1csc(SCC(=O)Nc2ccc(NC(C)=O)cc2)n1. The summed E-state index contributed by atoms with van der Waals surface area (Å²) in [5.41, 5.74) is 2.09. The summed E-state index contributed by atoms with van der Waals surface area (Å²) < 4.78 is 0.770. The van der Waals surface area contributed by atoms with Gasteiger partial charge in [0.05, 0.1) is 17.9 Å². The highest BCUT2D eigenvalue weighted by molar-refractivity contribution is 8.01. The molecule has 1 aromatic carbocycles. The number of nitrogens with zero attached hydrogens (tertiary/aromatic N) is 2. The number of aromatic nitrogens is 1. The molecule has 0 bridgehead atoms. The number of hydrogen-bond donors (Lipinski definition) is 2. The van der Waals surface area contributed by atoms with E-state index in [1.54, 1.807) is 24.3 Å². The van der Waals surface area contributed by atoms with Crippen molar-refractivity contribution in [2.75, 3.05) is 29.5 Å². The van der Waals surface area contributed by atoms with Crippen LogP contribution in [0.15, 0.2) is 34.0 Å². The number of anilines is 2. The van der Waals surface area contributed by atoms with Crippen LogP contribution < -0.4 is 10.6 Å². The lowest BCUT2D eigenvalue weighted by Gasteiger charge is -2.20. The third-order valence-corrected chi connectivity index (χ3v) is 6.09. The van der Waals surface area contributed by atoms with E-state index in [1.807, 2.05) is 10.3 Å². The van der Waals surface area contributed by atoms with Crippen LogP contribution in [0.5, 0.6) is 0 Å². The summed E-state index contributed by atoms with van der Waals surface area (Å²) in [6.45, 7) is 7.11. The number of thiazole rings is 1. The van der Waals surface area contributed by atoms with Gasteiger partial charge in [-0.1, -0.05) is 25.6 Å². The van der Waals surface area contributed by atoms with Gasteiger partial charge >= 0.3 is 0 Å². The topological polar surface area (TPSA) is 91.4 Å². The molecule has 9 heteroatoms. The smallest absolute Gasteiger partial charge is 0.234 e. The molecule has 162 valence electrons. The molecule has 2 aromatic rings. The van der Waals surface area contributed by atoms with Crippen LogP contribution >= 0.6 is 23.1 Å². The first kappa shape index (κ1) is 23.9. The van der Waals surface area contributed by atoms with Crippen LogP contribution in [0.2, 0.25) is 0 Å². The maximum atomic E-state index is 12.5. The molecule has 0 saturated heterocycles. The largest absolute Gasteiger partial charge is 0.342 e. The second kappa shape index (κ2) is 12.3. The van der Waals surface area contributed by atoms with Crippen LogP contribution in [-0.2, 0) is 20.8 Å². The van der Waals surface area contributed by atoms with Crippen molar-refractivity contribution < 1.29 is 14.4 Å². The van der Waals surface area contributed by atoms with Gasteiger partial charge < -0.3 is 15.5 Å². The summed E-state index contributed by atoms with van der Waals surface area (Å²) in [5.74, 6) is 0.0425. The van der Waals surface area contributed by atoms with Crippen molar-refractivity contribution in [3.63, 3.8) is 0 Å². The predicted molar refractivity (Wildman–Crippen MR) is 123 cm³/mol. The van der Waals surface area contributed by atoms with E-state index >= 15 is 0 Å². The van der Waals surface area contributed by atoms with Crippen LogP contribution in [0.1, 0.15) is 39.3 Å². The molecule has 2 rings (SSSR count). The van der Waals surface area contributed by atoms with Crippen molar-refractivity contribution in [3.8, 4) is 0 Å². The Balaban J connectivity index is 1.81. The molecule has 0 atom stereocenters. The Kier molecular flexibility index (Phi) is 9.82. The van der Waals surface area contributed by atoms with Gasteiger partial charge in [-0.3, -0.25) is 14.4 Å². The van der Waals surface area contributed by atoms with Crippen molar-refractivity contribution in [2.45, 2.75) is 44.4 Å². The highest BCUT2D eigenvalue weighted by atomic mass is 32.2. The second-order valence-electron chi connectivity index (χ2n) is 6.76. The third kappa shape index (κ3) is 8.16. The minimum absolute atomic E-state index is 0.0982. The van der Waals surface area contributed by atoms with Gasteiger partial charge in [-0.05, 0) is 37.1 Å². The Morgan fingerprint density at radius 2 is 1.63 bits per heavy atom. The lowest BCUT2D eigenvalue weighted by Crippen LogP contribution is -2.33. The van der Waals surface area contributed by atoms with Gasteiger partial charge in [0.15, 0.2) is 4.34 Å². The van der Waals surface area contributed by atoms with Crippen molar-refractivity contribution in [1.29, 1.82) is 0 Å². The Morgan fingerprint density at radius 1 is 1.03 bits per heavy atom. The molecule has 0 unspecified atom stereocenters. The molecule has 0 spiro atoms. The Bertz CT molecular complexity index is 846. The number of rotatable bonds is 11. The zero-order valence-corrected chi connectivity index (χ0v) is 19.2. The number of carbonyl (C=O) groups is 3. The molecular formula is C21H28N4O3S2. The van der Waals surface area contributed by atoms with Crippen LogP contribution in [0.25, 0.3) is 0 Å². The van der Waals surface area contributed by atoms with Gasteiger partial charge in [0.2, 0.25) is 17.7 Å². The summed E-state index contributed by atoms with van der Waals surface area (Å²) >= 11 is 2.80. The summed E-state index contributed by atoms with van der Waals surface area (Å²) in [4.78, 5) is 42.0. The molecule has 30 heavy (non-hydrogen) atoms. The summed E-state index contributed by atoms with van der Waals surface area (Å²) in [6, 6.07) is 6.93. The van der Waals surface area contributed by atoms with Crippen LogP contribution in [0, 0.1) is 0 Å². The normalized spacial score (nSPS) is 10.5. The minimum atomic E-state index is -0.142. The zero-order valence-electron chi connectivity index (χ0n) is 17.6. The highest BCUT2D eigenvalue weighted by Crippen LogP contribution is 2.23. The fraction of sp³-hybridized carbons (Fsp3) is 0.429. The van der Waals surface area contributed by atoms with Crippen molar-refractivity contribution in [2.24, 2.45) is 0 Å². The van der Waals surface area contributed by atoms with E-state index in [0.717, 1.165) is 36.0 Å². The molecule has 1 aromatic heterocycles. The molecule has 0 radical (unpaired) electrons. The molecule has 3 amide bonds. The van der Waals surface area contributed by atoms with Gasteiger partial charge in [0, 0.05) is 36.8 Å². The third-order valence-electron chi connectivity index (χ3n) is 4.02. The first-order valence-corrected chi connectivity index (χ1v) is 11.8. The second-order valence-corrected chi connectivity index (χ2v) is 8.84. The van der Waals surface area contributed by atoms with E-state index in [9.17, 15) is 14.4 Å². The first-order valence-electron chi connectivity index (χ1n) is 9.93. The van der Waals surface area contributed by atoms with E-state index in [1.165, 1.54) is 30.0 Å². The number of amides is 3. The lowest BCUT2D eigenvalue weighted by atomic mass is 10.2. The van der Waals surface area contributed by atoms with Gasteiger partial charge in [-0.2, -0.15) is 0 Å². The monoisotopic (exact) mass is 448 g/mol. The Hall–Kier alpha value is -2.39. The molecule has 7 nitrogen and oxygen atoms in total. The maximum absolute atomic E-state index is 12.5. The number of hydrogen-bond acceptors (Lipinski definition) is 6. The molecule has 0 aliphatic rings. The summed E-state index contributed by atoms with van der Waals surface area (Å²) in [7, 11) is 0. The molecular weight excluding hydrogens is 420 g/mol. The highest BCUT2D eigenvalue weighted by Gasteiger charge is 2.15. The van der Waals surface area contributed by atoms with E-state index in [2.05, 4.69) is 29.5 Å². The predicted octanol–water partition coefficient (Wildman–Crippen LogP) is 4.02. The fourth-order valence-electron chi connectivity index (χ4n) is 2.77. The van der Waals surface area contributed by atoms with Crippen molar-refractivity contribution >= 4 is 52.2 Å². The Morgan fingerprint density at radius 3 is 2.20 bits per heavy atom. The molecule has 0 aliphatic carbocycles. The quantitative estimate of drug-likeness (QED) is 0.507. The van der Waals surface area contributed by atoms with Gasteiger partial charge in [-0.15, -0.1) is 11.3 Å². The average molecular weight is 449 g/mol. The molecule has 0 fully saturated rings. The summed E-state index contributed by atoms with van der Waals surface area (Å²) in [5, 5.41) is 7.38. The van der Waals surface area contributed by atoms with Gasteiger partial charge in [-0.25, -0.2) is 4.98 Å². The van der Waals surface area contributed by atoms with Gasteiger partial charge in [0.1, 0.15) is 0 Å². The molecule has 0 saturated carbocycles. The van der Waals surface area contributed by atoms with Crippen LogP contribution in [-0.4, -0.2) is 46.4 Å². The number of benzene rings is 1. The number of nitrogens with one attached hydrogen (secondary N) is 2. The standard InChI is InChI=1S/C21H28N4O3S2/c1-4-10-25(11-5-2)20(28)12-18-13-29-21(24-18)30-14-19(27)23-17-8-6-16(7-9-17)22-15(3)26/h6-9,13H,4-5,10-12,14H2,1-3H3,(H,22,26)(H,23,27). The zero-order chi connectivity index (χ0) is 21.9. The van der Waals surface area contributed by atoms with E-state index < -0.39 is 0 Å². The average Bonchev–Trinajstić information content (AvgIpc) is 3.14. The number of carbonyl (C=O) groups excluding carboxylic acids is 3. The fourth-order valence-corrected chi connectivity index (χ4v) is 4.41. The first-order chi connectivity index (χ1) is 14.4. The summed E-state index contributed by atoms with van der Waals surface area (Å²) in [6.07, 6.45) is 2.17. The molecule has 1 heterocycles.